The third-order valence-corrected chi connectivity index (χ3v) is 13.0. The molecule has 1 unspecified atom stereocenters. The molecule has 0 saturated heterocycles. The Hall–Kier alpha value is -2.92. The molecule has 1 atom stereocenters. The molecule has 5 nitrogen and oxygen atoms in total. The van der Waals surface area contributed by atoms with E-state index in [1.807, 2.05) is 0 Å². The van der Waals surface area contributed by atoms with E-state index in [0.29, 0.717) is 12.8 Å². The van der Waals surface area contributed by atoms with E-state index in [1.54, 1.807) is 0 Å². The number of carbonyl (C=O) groups is 2. The summed E-state index contributed by atoms with van der Waals surface area (Å²) in [6, 6.07) is 0. The summed E-state index contributed by atoms with van der Waals surface area (Å²) in [4.78, 5) is 24.5. The fourth-order valence-corrected chi connectivity index (χ4v) is 8.54. The molecule has 0 aliphatic carbocycles. The van der Waals surface area contributed by atoms with Crippen LogP contribution in [0.25, 0.3) is 0 Å². The molecule has 0 aliphatic rings. The van der Waals surface area contributed by atoms with E-state index in [1.165, 1.54) is 180 Å². The fraction of sp³-hybridized carbons (Fsp3) is 0.750. The Bertz CT molecular complexity index is 1270. The molecule has 0 rings (SSSR count). The van der Waals surface area contributed by atoms with Crippen LogP contribution in [0.1, 0.15) is 290 Å². The molecule has 0 amide bonds. The van der Waals surface area contributed by atoms with Crippen molar-refractivity contribution >= 4 is 11.9 Å². The van der Waals surface area contributed by atoms with Crippen molar-refractivity contribution < 1.29 is 24.2 Å². The number of hydrogen-bond donors (Lipinski definition) is 1. The van der Waals surface area contributed by atoms with E-state index in [4.69, 9.17) is 9.47 Å². The number of ether oxygens (including phenoxy) is 2. The zero-order valence-electron chi connectivity index (χ0n) is 45.6. The Morgan fingerprint density at radius 3 is 0.942 bits per heavy atom. The molecule has 0 spiro atoms. The van der Waals surface area contributed by atoms with Crippen LogP contribution < -0.4 is 0 Å². The van der Waals surface area contributed by atoms with E-state index in [-0.39, 0.29) is 25.2 Å². The van der Waals surface area contributed by atoms with E-state index in [0.717, 1.165) is 83.5 Å². The standard InChI is InChI=1S/C64H112O5/c1-3-5-7-9-11-13-15-17-19-21-23-24-25-26-27-28-29-30-31-32-33-34-35-36-37-38-39-40-41-43-45-47-49-51-53-55-57-59-64(67)69-62(60-65)61-68-63(66)58-56-54-52-50-48-46-44-42-22-20-18-16-14-12-10-8-6-4-2/h5,7,11,13,17,19,23-24,26-27,29-30,32-33,62,65H,3-4,6,8-10,12,14-16,18,20-22,25,28,31,34-61H2,1-2H3/b7-5-,13-11-,19-17-,24-23-,27-26-,30-29-,33-32-. The van der Waals surface area contributed by atoms with Gasteiger partial charge in [-0.15, -0.1) is 0 Å². The van der Waals surface area contributed by atoms with Gasteiger partial charge in [0.15, 0.2) is 6.10 Å². The fourth-order valence-electron chi connectivity index (χ4n) is 8.54. The van der Waals surface area contributed by atoms with Gasteiger partial charge < -0.3 is 14.6 Å². The molecule has 0 radical (unpaired) electrons. The van der Waals surface area contributed by atoms with E-state index >= 15 is 0 Å². The number of aliphatic hydroxyl groups excluding tert-OH is 1. The minimum Gasteiger partial charge on any atom is -0.462 e. The Morgan fingerprint density at radius 2 is 0.623 bits per heavy atom. The highest BCUT2D eigenvalue weighted by molar-refractivity contribution is 5.70. The Labute approximate surface area is 428 Å². The maximum absolute atomic E-state index is 12.3. The average Bonchev–Trinajstić information content (AvgIpc) is 3.35. The lowest BCUT2D eigenvalue weighted by atomic mass is 10.0. The van der Waals surface area contributed by atoms with Crippen LogP contribution in [0.2, 0.25) is 0 Å². The number of aliphatic hydroxyl groups is 1. The minimum atomic E-state index is -0.773. The monoisotopic (exact) mass is 961 g/mol. The highest BCUT2D eigenvalue weighted by Gasteiger charge is 2.16. The van der Waals surface area contributed by atoms with E-state index < -0.39 is 6.10 Å². The summed E-state index contributed by atoms with van der Waals surface area (Å²) < 4.78 is 10.7. The van der Waals surface area contributed by atoms with Crippen LogP contribution >= 0.6 is 0 Å². The number of rotatable bonds is 54. The van der Waals surface area contributed by atoms with E-state index in [2.05, 4.69) is 98.9 Å². The van der Waals surface area contributed by atoms with Gasteiger partial charge in [-0.25, -0.2) is 0 Å². The predicted octanol–water partition coefficient (Wildman–Crippen LogP) is 20.1. The smallest absolute Gasteiger partial charge is 0.306 e. The zero-order valence-corrected chi connectivity index (χ0v) is 45.6. The summed E-state index contributed by atoms with van der Waals surface area (Å²) in [6.45, 7) is 4.06. The van der Waals surface area contributed by atoms with Gasteiger partial charge in [0.1, 0.15) is 6.61 Å². The molecule has 0 bridgehead atoms. The molecule has 0 saturated carbocycles. The van der Waals surface area contributed by atoms with Gasteiger partial charge >= 0.3 is 11.9 Å². The normalized spacial score (nSPS) is 12.8. The van der Waals surface area contributed by atoms with Gasteiger partial charge in [-0.05, 0) is 70.6 Å². The SMILES string of the molecule is CC/C=C\C/C=C\C/C=C\C/C=C\C/C=C\C/C=C\C/C=C\CCCCCCCCCCCCCCCCCC(=O)OC(CO)COC(=O)CCCCCCCCCCCCCCCCCCCC. The summed E-state index contributed by atoms with van der Waals surface area (Å²) >= 11 is 0. The van der Waals surface area contributed by atoms with Crippen molar-refractivity contribution in [2.75, 3.05) is 13.2 Å². The second-order valence-corrected chi connectivity index (χ2v) is 19.7. The van der Waals surface area contributed by atoms with Gasteiger partial charge in [-0.3, -0.25) is 9.59 Å². The van der Waals surface area contributed by atoms with Crippen molar-refractivity contribution in [3.63, 3.8) is 0 Å². The summed E-state index contributed by atoms with van der Waals surface area (Å²) in [6.07, 6.45) is 82.8. The molecular formula is C64H112O5. The van der Waals surface area contributed by atoms with Crippen molar-refractivity contribution in [1.82, 2.24) is 0 Å². The average molecular weight is 962 g/mol. The third-order valence-electron chi connectivity index (χ3n) is 13.0. The first-order valence-electron chi connectivity index (χ1n) is 29.6. The molecule has 69 heavy (non-hydrogen) atoms. The lowest BCUT2D eigenvalue weighted by Gasteiger charge is -2.15. The summed E-state index contributed by atoms with van der Waals surface area (Å²) in [5.41, 5.74) is 0. The van der Waals surface area contributed by atoms with Gasteiger partial charge in [-0.1, -0.05) is 292 Å². The van der Waals surface area contributed by atoms with Gasteiger partial charge in [0.25, 0.3) is 0 Å². The first kappa shape index (κ1) is 66.1. The van der Waals surface area contributed by atoms with Gasteiger partial charge in [0, 0.05) is 12.8 Å². The number of carbonyl (C=O) groups excluding carboxylic acids is 2. The second-order valence-electron chi connectivity index (χ2n) is 19.7. The Morgan fingerprint density at radius 1 is 0.348 bits per heavy atom. The number of esters is 2. The molecule has 398 valence electrons. The molecule has 0 aliphatic heterocycles. The predicted molar refractivity (Wildman–Crippen MR) is 302 cm³/mol. The van der Waals surface area contributed by atoms with Gasteiger partial charge in [0.05, 0.1) is 6.61 Å². The molecule has 0 heterocycles. The zero-order chi connectivity index (χ0) is 49.9. The maximum Gasteiger partial charge on any atom is 0.306 e. The molecule has 0 fully saturated rings. The summed E-state index contributed by atoms with van der Waals surface area (Å²) in [5.74, 6) is -0.579. The van der Waals surface area contributed by atoms with Crippen LogP contribution in [-0.4, -0.2) is 36.4 Å². The van der Waals surface area contributed by atoms with Gasteiger partial charge in [0.2, 0.25) is 0 Å². The summed E-state index contributed by atoms with van der Waals surface area (Å²) in [5, 5.41) is 9.65. The quantitative estimate of drug-likeness (QED) is 0.0374. The summed E-state index contributed by atoms with van der Waals surface area (Å²) in [7, 11) is 0. The van der Waals surface area contributed by atoms with Crippen molar-refractivity contribution in [3.05, 3.63) is 85.1 Å². The largest absolute Gasteiger partial charge is 0.462 e. The first-order chi connectivity index (χ1) is 34.1. The first-order valence-corrected chi connectivity index (χ1v) is 29.6. The van der Waals surface area contributed by atoms with Crippen LogP contribution in [0.15, 0.2) is 85.1 Å². The van der Waals surface area contributed by atoms with Crippen molar-refractivity contribution in [2.24, 2.45) is 0 Å². The van der Waals surface area contributed by atoms with Crippen LogP contribution in [0.4, 0.5) is 0 Å². The topological polar surface area (TPSA) is 72.8 Å². The van der Waals surface area contributed by atoms with Crippen LogP contribution in [-0.2, 0) is 19.1 Å². The third kappa shape index (κ3) is 57.5. The minimum absolute atomic E-state index is 0.0636. The maximum atomic E-state index is 12.3. The Kier molecular flexibility index (Phi) is 56.9. The highest BCUT2D eigenvalue weighted by Crippen LogP contribution is 2.17. The Balaban J connectivity index is 3.48. The molecule has 0 aromatic heterocycles. The van der Waals surface area contributed by atoms with Crippen molar-refractivity contribution in [1.29, 1.82) is 0 Å². The van der Waals surface area contributed by atoms with E-state index in [9.17, 15) is 14.7 Å². The molecule has 0 aromatic carbocycles. The molecule has 0 aromatic rings. The van der Waals surface area contributed by atoms with Crippen LogP contribution in [0.3, 0.4) is 0 Å². The number of unbranched alkanes of at least 4 members (excludes halogenated alkanes) is 32. The number of hydrogen-bond acceptors (Lipinski definition) is 5. The van der Waals surface area contributed by atoms with Gasteiger partial charge in [-0.2, -0.15) is 0 Å². The van der Waals surface area contributed by atoms with Crippen LogP contribution in [0, 0.1) is 0 Å². The molecule has 1 N–H and O–H groups in total. The second kappa shape index (κ2) is 59.4. The molecule has 5 heteroatoms. The van der Waals surface area contributed by atoms with Crippen molar-refractivity contribution in [2.45, 2.75) is 296 Å². The lowest BCUT2D eigenvalue weighted by Crippen LogP contribution is -2.28. The highest BCUT2D eigenvalue weighted by atomic mass is 16.6. The lowest BCUT2D eigenvalue weighted by molar-refractivity contribution is -0.161. The number of allylic oxidation sites excluding steroid dienone is 14. The molecular weight excluding hydrogens is 849 g/mol. The van der Waals surface area contributed by atoms with Crippen molar-refractivity contribution in [3.8, 4) is 0 Å². The van der Waals surface area contributed by atoms with Crippen LogP contribution in [0.5, 0.6) is 0 Å².